The van der Waals surface area contributed by atoms with Crippen LogP contribution in [0, 0.1) is 0 Å². The molecule has 4 atom stereocenters. The zero-order chi connectivity index (χ0) is 38.5. The second kappa shape index (κ2) is 35.7. The third kappa shape index (κ3) is 33.1. The Hall–Kier alpha value is -2.00. The van der Waals surface area contributed by atoms with Crippen molar-refractivity contribution in [3.05, 3.63) is 60.9 Å². The lowest BCUT2D eigenvalue weighted by molar-refractivity contribution is -0.147. The number of carbonyl (C=O) groups is 1. The summed E-state index contributed by atoms with van der Waals surface area (Å²) in [7, 11) is -4.29. The van der Waals surface area contributed by atoms with Crippen LogP contribution in [-0.4, -0.2) is 55.5 Å². The molecule has 1 heterocycles. The van der Waals surface area contributed by atoms with Crippen molar-refractivity contribution in [3.63, 3.8) is 0 Å². The molecule has 0 amide bonds. The van der Waals surface area contributed by atoms with Crippen molar-refractivity contribution in [3.8, 4) is 0 Å². The SMILES string of the molecule is CCCCC/C=C\C/C=C\CC1OC1C/C=C\CCCC(=O)OC[C@H](COP(=O)(O)OCCN)O/C=C/CCCCCCCC/C=C\CCCCCC. The number of phosphoric acid groups is 1. The van der Waals surface area contributed by atoms with Crippen molar-refractivity contribution in [2.24, 2.45) is 5.73 Å². The van der Waals surface area contributed by atoms with Crippen LogP contribution < -0.4 is 5.73 Å². The number of nitrogens with two attached hydrogens (primary N) is 1. The summed E-state index contributed by atoms with van der Waals surface area (Å²) >= 11 is 0. The largest absolute Gasteiger partial charge is 0.492 e. The number of epoxide rings is 1. The van der Waals surface area contributed by atoms with Crippen molar-refractivity contribution >= 4 is 13.8 Å². The predicted octanol–water partition coefficient (Wildman–Crippen LogP) is 11.5. The Kier molecular flexibility index (Phi) is 33.0. The van der Waals surface area contributed by atoms with Crippen LogP contribution in [0.1, 0.15) is 162 Å². The van der Waals surface area contributed by atoms with Crippen molar-refractivity contribution in [2.75, 3.05) is 26.4 Å². The van der Waals surface area contributed by atoms with Gasteiger partial charge in [0, 0.05) is 13.0 Å². The average Bonchev–Trinajstić information content (AvgIpc) is 3.91. The smallest absolute Gasteiger partial charge is 0.472 e. The maximum Gasteiger partial charge on any atom is 0.472 e. The fourth-order valence-electron chi connectivity index (χ4n) is 5.60. The van der Waals surface area contributed by atoms with E-state index in [4.69, 9.17) is 29.0 Å². The van der Waals surface area contributed by atoms with Gasteiger partial charge in [0.2, 0.25) is 0 Å². The lowest BCUT2D eigenvalue weighted by Gasteiger charge is -2.19. The monoisotopic (exact) mass is 766 g/mol. The summed E-state index contributed by atoms with van der Waals surface area (Å²) in [6.07, 6.45) is 46.5. The molecule has 3 N–H and O–H groups in total. The summed E-state index contributed by atoms with van der Waals surface area (Å²) in [6, 6.07) is 0. The van der Waals surface area contributed by atoms with E-state index in [0.29, 0.717) is 12.5 Å². The number of esters is 1. The minimum absolute atomic E-state index is 0.0873. The van der Waals surface area contributed by atoms with E-state index in [1.54, 1.807) is 6.26 Å². The lowest BCUT2D eigenvalue weighted by atomic mass is 10.1. The molecule has 9 nitrogen and oxygen atoms in total. The Morgan fingerprint density at radius 3 is 1.85 bits per heavy atom. The minimum Gasteiger partial charge on any atom is -0.492 e. The van der Waals surface area contributed by atoms with Gasteiger partial charge in [-0.25, -0.2) is 4.57 Å². The van der Waals surface area contributed by atoms with Crippen molar-refractivity contribution in [2.45, 2.75) is 180 Å². The maximum atomic E-state index is 12.4. The van der Waals surface area contributed by atoms with Crippen molar-refractivity contribution < 1.29 is 37.5 Å². The second-order valence-corrected chi connectivity index (χ2v) is 15.4. The normalized spacial score (nSPS) is 17.9. The first-order valence-corrected chi connectivity index (χ1v) is 22.4. The number of allylic oxidation sites excluding steroid dienone is 7. The van der Waals surface area contributed by atoms with Crippen LogP contribution in [0.15, 0.2) is 60.9 Å². The molecular formula is C43H76NO8P. The van der Waals surface area contributed by atoms with Gasteiger partial charge in [0.1, 0.15) is 6.61 Å². The zero-order valence-corrected chi connectivity index (χ0v) is 34.3. The summed E-state index contributed by atoms with van der Waals surface area (Å²) in [5.41, 5.74) is 5.36. The summed E-state index contributed by atoms with van der Waals surface area (Å²) < 4.78 is 38.9. The van der Waals surface area contributed by atoms with Crippen LogP contribution in [0.25, 0.3) is 0 Å². The molecule has 1 rings (SSSR count). The lowest BCUT2D eigenvalue weighted by Crippen LogP contribution is -2.25. The highest BCUT2D eigenvalue weighted by atomic mass is 31.2. The van der Waals surface area contributed by atoms with Gasteiger partial charge in [-0.15, -0.1) is 0 Å². The van der Waals surface area contributed by atoms with Gasteiger partial charge >= 0.3 is 13.8 Å². The van der Waals surface area contributed by atoms with Crippen molar-refractivity contribution in [1.29, 1.82) is 0 Å². The maximum absolute atomic E-state index is 12.4. The first-order chi connectivity index (χ1) is 25.9. The molecule has 10 heteroatoms. The highest BCUT2D eigenvalue weighted by Crippen LogP contribution is 2.43. The molecule has 0 aliphatic carbocycles. The first kappa shape index (κ1) is 49.0. The summed E-state index contributed by atoms with van der Waals surface area (Å²) in [5, 5.41) is 0. The molecule has 3 unspecified atom stereocenters. The molecular weight excluding hydrogens is 689 g/mol. The van der Waals surface area contributed by atoms with Gasteiger partial charge in [-0.1, -0.05) is 120 Å². The third-order valence-electron chi connectivity index (χ3n) is 8.90. The molecule has 0 radical (unpaired) electrons. The van der Waals surface area contributed by atoms with Gasteiger partial charge in [-0.2, -0.15) is 0 Å². The van der Waals surface area contributed by atoms with E-state index in [1.165, 1.54) is 89.9 Å². The fraction of sp³-hybridized carbons (Fsp3) is 0.744. The molecule has 1 aliphatic heterocycles. The van der Waals surface area contributed by atoms with Crippen LogP contribution >= 0.6 is 7.82 Å². The Morgan fingerprint density at radius 1 is 0.679 bits per heavy atom. The second-order valence-electron chi connectivity index (χ2n) is 13.9. The van der Waals surface area contributed by atoms with E-state index >= 15 is 0 Å². The number of hydrogen-bond acceptors (Lipinski definition) is 8. The molecule has 0 bridgehead atoms. The van der Waals surface area contributed by atoms with E-state index in [2.05, 4.69) is 62.5 Å². The van der Waals surface area contributed by atoms with Gasteiger partial charge in [-0.05, 0) is 89.5 Å². The standard InChI is InChI=1S/C43H76NO8P/c1-3-5-7-9-11-13-14-15-16-17-18-19-21-23-27-31-36-48-40(39-51-53(46,47)50-37-35-44)38-49-43(45)34-30-26-25-29-33-42-41(52-42)32-28-24-22-20-12-10-8-6-4-2/h12-14,20,24-25,28-29,31,36,40-42H,3-11,15-19,21-23,26-27,30,32-35,37-39,44H2,1-2H3,(H,46,47)/b14-13-,20-12-,28-24-,29-25-,36-31+/t40-,41?,42?/m1/s1. The highest BCUT2D eigenvalue weighted by Gasteiger charge is 2.36. The molecule has 0 aromatic heterocycles. The molecule has 0 aromatic rings. The number of carbonyl (C=O) groups excluding carboxylic acids is 1. The molecule has 1 fully saturated rings. The van der Waals surface area contributed by atoms with E-state index < -0.39 is 13.9 Å². The highest BCUT2D eigenvalue weighted by molar-refractivity contribution is 7.47. The number of hydrogen-bond donors (Lipinski definition) is 2. The van der Waals surface area contributed by atoms with E-state index in [1.807, 2.05) is 6.08 Å². The summed E-state index contributed by atoms with van der Waals surface area (Å²) in [5.74, 6) is -0.353. The Morgan fingerprint density at radius 2 is 1.19 bits per heavy atom. The number of phosphoric ester groups is 1. The molecule has 1 aliphatic rings. The number of unbranched alkanes of at least 4 members (excludes halogenated alkanes) is 15. The summed E-state index contributed by atoms with van der Waals surface area (Å²) in [6.45, 7) is 4.07. The predicted molar refractivity (Wildman–Crippen MR) is 219 cm³/mol. The Balaban J connectivity index is 2.21. The average molecular weight is 766 g/mol. The number of rotatable bonds is 38. The van der Waals surface area contributed by atoms with E-state index in [0.717, 1.165) is 44.9 Å². The number of ether oxygens (including phenoxy) is 3. The van der Waals surface area contributed by atoms with Gasteiger partial charge in [0.15, 0.2) is 6.10 Å². The minimum atomic E-state index is -4.29. The van der Waals surface area contributed by atoms with Gasteiger partial charge in [-0.3, -0.25) is 13.8 Å². The Bertz CT molecular complexity index is 1060. The molecule has 53 heavy (non-hydrogen) atoms. The van der Waals surface area contributed by atoms with Gasteiger partial charge < -0.3 is 24.8 Å². The summed E-state index contributed by atoms with van der Waals surface area (Å²) in [4.78, 5) is 22.3. The molecule has 1 saturated heterocycles. The van der Waals surface area contributed by atoms with Crippen LogP contribution in [-0.2, 0) is 32.6 Å². The Labute approximate surface area is 323 Å². The van der Waals surface area contributed by atoms with Gasteiger partial charge in [0.25, 0.3) is 0 Å². The molecule has 0 spiro atoms. The fourth-order valence-corrected chi connectivity index (χ4v) is 6.36. The quantitative estimate of drug-likeness (QED) is 0.0157. The topological polar surface area (TPSA) is 130 Å². The van der Waals surface area contributed by atoms with E-state index in [9.17, 15) is 14.3 Å². The zero-order valence-electron chi connectivity index (χ0n) is 33.4. The van der Waals surface area contributed by atoms with Crippen LogP contribution in [0.3, 0.4) is 0 Å². The van der Waals surface area contributed by atoms with Crippen molar-refractivity contribution in [1.82, 2.24) is 0 Å². The molecule has 0 saturated carbocycles. The van der Waals surface area contributed by atoms with Crippen LogP contribution in [0.4, 0.5) is 0 Å². The van der Waals surface area contributed by atoms with Crippen LogP contribution in [0.5, 0.6) is 0 Å². The van der Waals surface area contributed by atoms with Crippen LogP contribution in [0.2, 0.25) is 0 Å². The molecule has 306 valence electrons. The molecule has 0 aromatic carbocycles. The van der Waals surface area contributed by atoms with Gasteiger partial charge in [0.05, 0.1) is 31.7 Å². The first-order valence-electron chi connectivity index (χ1n) is 20.9. The van der Waals surface area contributed by atoms with E-state index in [-0.39, 0.29) is 44.9 Å². The third-order valence-corrected chi connectivity index (χ3v) is 9.88.